The Hall–Kier alpha value is -2.36. The molecule has 0 bridgehead atoms. The number of rotatable bonds is 8. The van der Waals surface area contributed by atoms with Crippen LogP contribution >= 0.6 is 0 Å². The first-order valence-electron chi connectivity index (χ1n) is 8.51. The maximum absolute atomic E-state index is 9.44. The molecule has 1 aromatic rings. The average molecular weight is 360 g/mol. The van der Waals surface area contributed by atoms with Gasteiger partial charge in [-0.3, -0.25) is 0 Å². The third-order valence-electron chi connectivity index (χ3n) is 3.96. The average Bonchev–Trinajstić information content (AvgIpc) is 3.36. The van der Waals surface area contributed by atoms with Gasteiger partial charge in [-0.15, -0.1) is 0 Å². The molecule has 0 atom stereocenters. The van der Waals surface area contributed by atoms with E-state index in [-0.39, 0.29) is 23.7 Å². The highest BCUT2D eigenvalue weighted by Gasteiger charge is 2.20. The van der Waals surface area contributed by atoms with Gasteiger partial charge in [-0.05, 0) is 12.1 Å². The lowest BCUT2D eigenvalue weighted by atomic mass is 10.1. The van der Waals surface area contributed by atoms with Crippen LogP contribution in [0.25, 0.3) is 0 Å². The first-order chi connectivity index (χ1) is 12.8. The normalized spacial score (nSPS) is 17.8. The molecule has 1 aromatic carbocycles. The highest BCUT2D eigenvalue weighted by molar-refractivity contribution is 5.60. The molecule has 0 amide bonds. The fourth-order valence-electron chi connectivity index (χ4n) is 2.71. The Morgan fingerprint density at radius 1 is 0.769 bits per heavy atom. The van der Waals surface area contributed by atoms with Crippen molar-refractivity contribution in [2.75, 3.05) is 39.6 Å². The molecule has 0 spiro atoms. The van der Waals surface area contributed by atoms with Crippen LogP contribution in [-0.2, 0) is 18.9 Å². The predicted octanol–water partition coefficient (Wildman–Crippen LogP) is 1.71. The molecule has 26 heavy (non-hydrogen) atoms. The van der Waals surface area contributed by atoms with Gasteiger partial charge in [0, 0.05) is 12.8 Å². The topological polar surface area (TPSA) is 103 Å². The van der Waals surface area contributed by atoms with E-state index in [1.807, 2.05) is 12.1 Å². The summed E-state index contributed by atoms with van der Waals surface area (Å²) in [6, 6.07) is 7.32. The summed E-state index contributed by atoms with van der Waals surface area (Å²) in [5.74, 6) is 0.689. The van der Waals surface area contributed by atoms with Gasteiger partial charge in [-0.2, -0.15) is 10.5 Å². The monoisotopic (exact) mass is 360 g/mol. The number of benzene rings is 1. The molecule has 2 fully saturated rings. The zero-order valence-corrected chi connectivity index (χ0v) is 14.3. The van der Waals surface area contributed by atoms with Crippen LogP contribution in [0.5, 0.6) is 11.5 Å². The fraction of sp³-hybridized carbons (Fsp3) is 0.556. The van der Waals surface area contributed by atoms with Crippen molar-refractivity contribution in [3.05, 3.63) is 23.3 Å². The van der Waals surface area contributed by atoms with Crippen LogP contribution in [0.3, 0.4) is 0 Å². The molecule has 2 heterocycles. The van der Waals surface area contributed by atoms with Gasteiger partial charge in [0.05, 0.1) is 39.6 Å². The lowest BCUT2D eigenvalue weighted by molar-refractivity contribution is -0.0536. The highest BCUT2D eigenvalue weighted by atomic mass is 16.7. The Labute approximate surface area is 151 Å². The van der Waals surface area contributed by atoms with Crippen LogP contribution in [0.15, 0.2) is 12.1 Å². The molecule has 0 aromatic heterocycles. The van der Waals surface area contributed by atoms with Crippen molar-refractivity contribution in [1.29, 1.82) is 10.5 Å². The molecular formula is C18H20N2O6. The smallest absolute Gasteiger partial charge is 0.161 e. The summed E-state index contributed by atoms with van der Waals surface area (Å²) >= 11 is 0. The molecule has 8 nitrogen and oxygen atoms in total. The zero-order valence-electron chi connectivity index (χ0n) is 14.3. The molecule has 138 valence electrons. The van der Waals surface area contributed by atoms with E-state index in [0.29, 0.717) is 64.0 Å². The van der Waals surface area contributed by atoms with E-state index in [1.54, 1.807) is 12.1 Å². The summed E-state index contributed by atoms with van der Waals surface area (Å²) in [5.41, 5.74) is 0.318. The standard InChI is InChI=1S/C18H20N2O6/c19-11-13-14(12-20)16(22-6-4-18-25-9-10-26-18)2-1-15(13)21-5-3-17-23-7-8-24-17/h1-2,17-18H,3-10H2. The van der Waals surface area contributed by atoms with Crippen molar-refractivity contribution in [2.45, 2.75) is 25.4 Å². The summed E-state index contributed by atoms with van der Waals surface area (Å²) in [7, 11) is 0. The molecule has 0 N–H and O–H groups in total. The van der Waals surface area contributed by atoms with Crippen molar-refractivity contribution in [3.8, 4) is 23.6 Å². The van der Waals surface area contributed by atoms with Gasteiger partial charge in [0.25, 0.3) is 0 Å². The first-order valence-corrected chi connectivity index (χ1v) is 8.51. The fourth-order valence-corrected chi connectivity index (χ4v) is 2.71. The van der Waals surface area contributed by atoms with E-state index in [1.165, 1.54) is 0 Å². The molecule has 3 rings (SSSR count). The van der Waals surface area contributed by atoms with E-state index < -0.39 is 0 Å². The number of ether oxygens (including phenoxy) is 6. The maximum atomic E-state index is 9.44. The van der Waals surface area contributed by atoms with Gasteiger partial charge in [0.1, 0.15) is 34.8 Å². The minimum absolute atomic E-state index is 0.159. The van der Waals surface area contributed by atoms with Gasteiger partial charge in [0.15, 0.2) is 12.6 Å². The lowest BCUT2D eigenvalue weighted by Gasteiger charge is -2.15. The molecule has 2 aliphatic heterocycles. The van der Waals surface area contributed by atoms with E-state index in [9.17, 15) is 10.5 Å². The quantitative estimate of drug-likeness (QED) is 0.690. The van der Waals surface area contributed by atoms with Gasteiger partial charge in [0.2, 0.25) is 0 Å². The second-order valence-electron chi connectivity index (χ2n) is 5.65. The molecule has 0 unspecified atom stereocenters. The maximum Gasteiger partial charge on any atom is 0.161 e. The van der Waals surface area contributed by atoms with Gasteiger partial charge in [-0.1, -0.05) is 0 Å². The highest BCUT2D eigenvalue weighted by Crippen LogP contribution is 2.30. The summed E-state index contributed by atoms with van der Waals surface area (Å²) in [6.45, 7) is 2.96. The van der Waals surface area contributed by atoms with Gasteiger partial charge < -0.3 is 28.4 Å². The molecule has 8 heteroatoms. The third kappa shape index (κ3) is 4.63. The van der Waals surface area contributed by atoms with Crippen molar-refractivity contribution < 1.29 is 28.4 Å². The largest absolute Gasteiger partial charge is 0.492 e. The van der Waals surface area contributed by atoms with Crippen LogP contribution in [0, 0.1) is 22.7 Å². The van der Waals surface area contributed by atoms with Crippen LogP contribution < -0.4 is 9.47 Å². The van der Waals surface area contributed by atoms with E-state index in [2.05, 4.69) is 0 Å². The molecule has 2 saturated heterocycles. The van der Waals surface area contributed by atoms with E-state index in [0.717, 1.165) is 0 Å². The summed E-state index contributed by atoms with van der Waals surface area (Å²) in [5, 5.41) is 18.9. The minimum Gasteiger partial charge on any atom is -0.492 e. The second-order valence-corrected chi connectivity index (χ2v) is 5.65. The van der Waals surface area contributed by atoms with Gasteiger partial charge >= 0.3 is 0 Å². The number of nitriles is 2. The Bertz CT molecular complexity index is 625. The van der Waals surface area contributed by atoms with E-state index >= 15 is 0 Å². The van der Waals surface area contributed by atoms with Crippen LogP contribution in [-0.4, -0.2) is 52.2 Å². The van der Waals surface area contributed by atoms with Crippen LogP contribution in [0.2, 0.25) is 0 Å². The molecule has 0 saturated carbocycles. The van der Waals surface area contributed by atoms with Crippen molar-refractivity contribution in [1.82, 2.24) is 0 Å². The first kappa shape index (κ1) is 18.4. The number of hydrogen-bond acceptors (Lipinski definition) is 8. The zero-order chi connectivity index (χ0) is 18.2. The number of nitrogens with zero attached hydrogens (tertiary/aromatic N) is 2. The summed E-state index contributed by atoms with van der Waals surface area (Å²) < 4.78 is 32.6. The minimum atomic E-state index is -0.279. The Balaban J connectivity index is 1.59. The van der Waals surface area contributed by atoms with Crippen molar-refractivity contribution in [3.63, 3.8) is 0 Å². The molecular weight excluding hydrogens is 340 g/mol. The Kier molecular flexibility index (Phi) is 6.64. The Morgan fingerprint density at radius 2 is 1.15 bits per heavy atom. The second kappa shape index (κ2) is 9.37. The molecule has 0 aliphatic carbocycles. The van der Waals surface area contributed by atoms with Crippen molar-refractivity contribution in [2.24, 2.45) is 0 Å². The predicted molar refractivity (Wildman–Crippen MR) is 87.5 cm³/mol. The molecule has 2 aliphatic rings. The van der Waals surface area contributed by atoms with Crippen LogP contribution in [0.1, 0.15) is 24.0 Å². The van der Waals surface area contributed by atoms with Crippen LogP contribution in [0.4, 0.5) is 0 Å². The van der Waals surface area contributed by atoms with Gasteiger partial charge in [-0.25, -0.2) is 0 Å². The summed E-state index contributed by atoms with van der Waals surface area (Å²) in [4.78, 5) is 0. The third-order valence-corrected chi connectivity index (χ3v) is 3.96. The summed E-state index contributed by atoms with van der Waals surface area (Å²) in [6.07, 6.45) is 0.538. The molecule has 0 radical (unpaired) electrons. The van der Waals surface area contributed by atoms with E-state index in [4.69, 9.17) is 28.4 Å². The SMILES string of the molecule is N#Cc1c(OCCC2OCCO2)ccc(OCCC2OCCO2)c1C#N. The van der Waals surface area contributed by atoms with Crippen molar-refractivity contribution >= 4 is 0 Å². The lowest BCUT2D eigenvalue weighted by Crippen LogP contribution is -2.14. The number of hydrogen-bond donors (Lipinski definition) is 0. The Morgan fingerprint density at radius 3 is 1.50 bits per heavy atom.